The summed E-state index contributed by atoms with van der Waals surface area (Å²) in [7, 11) is 0. The minimum atomic E-state index is -0.315. The number of thiazole rings is 1. The number of rotatable bonds is 4. The van der Waals surface area contributed by atoms with Gasteiger partial charge in [0.25, 0.3) is 5.91 Å². The summed E-state index contributed by atoms with van der Waals surface area (Å²) in [5.74, 6) is -0.597. The molecule has 0 atom stereocenters. The van der Waals surface area contributed by atoms with Gasteiger partial charge in [0, 0.05) is 16.6 Å². The summed E-state index contributed by atoms with van der Waals surface area (Å²) in [4.78, 5) is 31.8. The van der Waals surface area contributed by atoms with E-state index in [0.29, 0.717) is 11.4 Å². The fraction of sp³-hybridized carbons (Fsp3) is 0.105. The lowest BCUT2D eigenvalue weighted by Gasteiger charge is -2.06. The number of hydrogen-bond acceptors (Lipinski definition) is 4. The zero-order chi connectivity index (χ0) is 18.1. The zero-order valence-electron chi connectivity index (χ0n) is 14.0. The Labute approximate surface area is 153 Å². The van der Waals surface area contributed by atoms with Crippen molar-refractivity contribution in [3.8, 4) is 0 Å². The molecule has 2 aromatic heterocycles. The van der Waals surface area contributed by atoms with Crippen LogP contribution in [0.2, 0.25) is 0 Å². The fourth-order valence-electron chi connectivity index (χ4n) is 2.77. The van der Waals surface area contributed by atoms with Gasteiger partial charge in [-0.25, -0.2) is 4.98 Å². The van der Waals surface area contributed by atoms with Gasteiger partial charge >= 0.3 is 0 Å². The number of para-hydroxylation sites is 1. The molecule has 0 radical (unpaired) electrons. The van der Waals surface area contributed by atoms with Crippen molar-refractivity contribution in [2.24, 2.45) is 0 Å². The fourth-order valence-corrected chi connectivity index (χ4v) is 3.64. The number of hydrogen-bond donors (Lipinski definition) is 3. The molecule has 130 valence electrons. The van der Waals surface area contributed by atoms with Gasteiger partial charge in [0.2, 0.25) is 5.91 Å². The van der Waals surface area contributed by atoms with Crippen LogP contribution in [0.5, 0.6) is 0 Å². The molecule has 7 heteroatoms. The number of H-pyrrole nitrogens is 1. The van der Waals surface area contributed by atoms with Crippen LogP contribution in [-0.4, -0.2) is 28.3 Å². The average molecular weight is 364 g/mol. The van der Waals surface area contributed by atoms with E-state index in [9.17, 15) is 9.59 Å². The molecule has 26 heavy (non-hydrogen) atoms. The molecule has 0 aliphatic carbocycles. The highest BCUT2D eigenvalue weighted by Crippen LogP contribution is 2.24. The molecule has 0 bridgehead atoms. The number of aryl methyl sites for hydroxylation is 1. The quantitative estimate of drug-likeness (QED) is 0.518. The number of carbonyl (C=O) groups excluding carboxylic acids is 2. The first-order chi connectivity index (χ1) is 12.6. The summed E-state index contributed by atoms with van der Waals surface area (Å²) in [6.07, 6.45) is 0. The summed E-state index contributed by atoms with van der Waals surface area (Å²) in [6.45, 7) is 1.84. The molecule has 6 nitrogen and oxygen atoms in total. The van der Waals surface area contributed by atoms with E-state index in [1.807, 2.05) is 43.3 Å². The molecule has 4 aromatic rings. The zero-order valence-corrected chi connectivity index (χ0v) is 14.8. The molecular weight excluding hydrogens is 348 g/mol. The maximum atomic E-state index is 12.2. The molecule has 0 aliphatic rings. The third-order valence-electron chi connectivity index (χ3n) is 3.96. The van der Waals surface area contributed by atoms with E-state index < -0.39 is 0 Å². The first-order valence-corrected chi connectivity index (χ1v) is 8.93. The average Bonchev–Trinajstić information content (AvgIpc) is 3.21. The van der Waals surface area contributed by atoms with Crippen molar-refractivity contribution in [1.82, 2.24) is 15.3 Å². The van der Waals surface area contributed by atoms with Crippen molar-refractivity contribution in [1.29, 1.82) is 0 Å². The van der Waals surface area contributed by atoms with Gasteiger partial charge in [0.15, 0.2) is 0 Å². The first-order valence-electron chi connectivity index (χ1n) is 8.11. The van der Waals surface area contributed by atoms with E-state index in [0.717, 1.165) is 26.1 Å². The van der Waals surface area contributed by atoms with Gasteiger partial charge in [-0.15, -0.1) is 11.3 Å². The summed E-state index contributed by atoms with van der Waals surface area (Å²) in [5.41, 5.74) is 2.92. The van der Waals surface area contributed by atoms with Gasteiger partial charge in [-0.3, -0.25) is 9.59 Å². The maximum absolute atomic E-state index is 12.2. The molecule has 2 aromatic carbocycles. The lowest BCUT2D eigenvalue weighted by Crippen LogP contribution is -2.33. The Bertz CT molecular complexity index is 1100. The van der Waals surface area contributed by atoms with Gasteiger partial charge < -0.3 is 15.6 Å². The topological polar surface area (TPSA) is 86.9 Å². The molecule has 2 amide bonds. The first kappa shape index (κ1) is 16.3. The van der Waals surface area contributed by atoms with E-state index in [4.69, 9.17) is 0 Å². The number of amides is 2. The monoisotopic (exact) mass is 364 g/mol. The van der Waals surface area contributed by atoms with Crippen molar-refractivity contribution in [2.45, 2.75) is 6.92 Å². The number of fused-ring (bicyclic) bond motifs is 2. The number of nitrogens with zero attached hydrogens (tertiary/aromatic N) is 1. The highest BCUT2D eigenvalue weighted by atomic mass is 32.1. The summed E-state index contributed by atoms with van der Waals surface area (Å²) in [5, 5.41) is 7.36. The van der Waals surface area contributed by atoms with Crippen LogP contribution >= 0.6 is 11.3 Å². The van der Waals surface area contributed by atoms with E-state index in [1.165, 1.54) is 0 Å². The minimum absolute atomic E-state index is 0.103. The number of carbonyl (C=O) groups is 2. The predicted octanol–water partition coefficient (Wildman–Crippen LogP) is 3.45. The Morgan fingerprint density at radius 1 is 1.15 bits per heavy atom. The van der Waals surface area contributed by atoms with E-state index in [2.05, 4.69) is 20.6 Å². The Balaban J connectivity index is 1.38. The second-order valence-electron chi connectivity index (χ2n) is 5.92. The second kappa shape index (κ2) is 6.61. The van der Waals surface area contributed by atoms with Crippen LogP contribution < -0.4 is 10.6 Å². The molecule has 0 fully saturated rings. The second-order valence-corrected chi connectivity index (χ2v) is 7.15. The van der Waals surface area contributed by atoms with E-state index in [-0.39, 0.29) is 18.4 Å². The Hall–Kier alpha value is -3.19. The molecule has 4 rings (SSSR count). The van der Waals surface area contributed by atoms with Crippen LogP contribution in [0.3, 0.4) is 0 Å². The smallest absolute Gasteiger partial charge is 0.268 e. The van der Waals surface area contributed by atoms with Crippen LogP contribution in [0.25, 0.3) is 21.1 Å². The van der Waals surface area contributed by atoms with Gasteiger partial charge in [0.05, 0.1) is 21.8 Å². The van der Waals surface area contributed by atoms with E-state index in [1.54, 1.807) is 23.5 Å². The summed E-state index contributed by atoms with van der Waals surface area (Å²) in [6, 6.07) is 15.0. The van der Waals surface area contributed by atoms with Crippen molar-refractivity contribution in [3.63, 3.8) is 0 Å². The third-order valence-corrected chi connectivity index (χ3v) is 4.90. The van der Waals surface area contributed by atoms with Crippen LogP contribution in [-0.2, 0) is 4.79 Å². The van der Waals surface area contributed by atoms with Crippen LogP contribution in [0.1, 0.15) is 15.5 Å². The molecule has 0 saturated heterocycles. The van der Waals surface area contributed by atoms with Crippen LogP contribution in [0.4, 0.5) is 5.69 Å². The number of benzene rings is 2. The van der Waals surface area contributed by atoms with Crippen LogP contribution in [0.15, 0.2) is 48.5 Å². The number of nitrogens with one attached hydrogen (secondary N) is 3. The van der Waals surface area contributed by atoms with Crippen LogP contribution in [0, 0.1) is 6.92 Å². The standard InChI is InChI=1S/C19H16N4O2S/c1-11-21-15-7-6-13(9-17(15)26-11)22-18(24)10-20-19(25)16-8-12-4-2-3-5-14(12)23-16/h2-9,23H,10H2,1H3,(H,20,25)(H,22,24). The van der Waals surface area contributed by atoms with Crippen molar-refractivity contribution in [2.75, 3.05) is 11.9 Å². The Morgan fingerprint density at radius 2 is 2.00 bits per heavy atom. The van der Waals surface area contributed by atoms with Gasteiger partial charge in [-0.2, -0.15) is 0 Å². The highest BCUT2D eigenvalue weighted by molar-refractivity contribution is 7.18. The lowest BCUT2D eigenvalue weighted by atomic mass is 10.2. The molecule has 0 aliphatic heterocycles. The predicted molar refractivity (Wildman–Crippen MR) is 104 cm³/mol. The third kappa shape index (κ3) is 3.29. The molecular formula is C19H16N4O2S. The maximum Gasteiger partial charge on any atom is 0.268 e. The summed E-state index contributed by atoms with van der Waals surface area (Å²) >= 11 is 1.57. The normalized spacial score (nSPS) is 11.0. The molecule has 0 unspecified atom stereocenters. The minimum Gasteiger partial charge on any atom is -0.351 e. The highest BCUT2D eigenvalue weighted by Gasteiger charge is 2.11. The van der Waals surface area contributed by atoms with Crippen molar-refractivity contribution < 1.29 is 9.59 Å². The van der Waals surface area contributed by atoms with Gasteiger partial charge in [-0.1, -0.05) is 18.2 Å². The Kier molecular flexibility index (Phi) is 4.14. The number of aromatic amines is 1. The molecule has 3 N–H and O–H groups in total. The summed E-state index contributed by atoms with van der Waals surface area (Å²) < 4.78 is 1.02. The SMILES string of the molecule is Cc1nc2ccc(NC(=O)CNC(=O)c3cc4ccccc4[nH]3)cc2s1. The van der Waals surface area contributed by atoms with Crippen molar-refractivity contribution >= 4 is 50.0 Å². The van der Waals surface area contributed by atoms with Gasteiger partial charge in [-0.05, 0) is 37.3 Å². The molecule has 0 spiro atoms. The molecule has 0 saturated carbocycles. The molecule has 2 heterocycles. The number of aromatic nitrogens is 2. The largest absolute Gasteiger partial charge is 0.351 e. The van der Waals surface area contributed by atoms with Gasteiger partial charge in [0.1, 0.15) is 5.69 Å². The van der Waals surface area contributed by atoms with Crippen molar-refractivity contribution in [3.05, 3.63) is 59.2 Å². The van der Waals surface area contributed by atoms with E-state index >= 15 is 0 Å². The lowest BCUT2D eigenvalue weighted by molar-refractivity contribution is -0.115. The number of anilines is 1. The Morgan fingerprint density at radius 3 is 2.85 bits per heavy atom.